The van der Waals surface area contributed by atoms with E-state index in [-0.39, 0.29) is 6.73 Å². The number of H-pyrrole nitrogens is 1. The largest absolute Gasteiger partial charge is 0.480 e. The average molecular weight is 359 g/mol. The third-order valence-electron chi connectivity index (χ3n) is 3.54. The van der Waals surface area contributed by atoms with Gasteiger partial charge in [-0.15, -0.1) is 0 Å². The summed E-state index contributed by atoms with van der Waals surface area (Å²) in [5.41, 5.74) is 0.761. The number of aliphatic carboxylic acids is 1. The van der Waals surface area contributed by atoms with Crippen LogP contribution in [0.25, 0.3) is 0 Å². The van der Waals surface area contributed by atoms with E-state index in [9.17, 15) is 9.90 Å². The molecule has 0 unspecified atom stereocenters. The normalized spacial score (nSPS) is 12.6. The highest BCUT2D eigenvalue weighted by Gasteiger charge is 2.26. The standard InChI is InChI=1S/C16H29N3O6/c1-22-5-3-6-25-13-19(4-7-24-9-8-23-2)15(16(20)21)10-14-11-17-12-18-14/h11-12,15H,3-10,13H2,1-2H3,(H,17,18)(H,20,21)/t15-/m0/s1. The predicted octanol–water partition coefficient (Wildman–Crippen LogP) is 0.381. The summed E-state index contributed by atoms with van der Waals surface area (Å²) < 4.78 is 21.0. The lowest BCUT2D eigenvalue weighted by molar-refractivity contribution is -0.146. The Morgan fingerprint density at radius 1 is 1.20 bits per heavy atom. The highest BCUT2D eigenvalue weighted by molar-refractivity contribution is 5.73. The number of ether oxygens (including phenoxy) is 4. The summed E-state index contributed by atoms with van der Waals surface area (Å²) in [5.74, 6) is -0.910. The van der Waals surface area contributed by atoms with Crippen LogP contribution < -0.4 is 0 Å². The Hall–Kier alpha value is -1.52. The Bertz CT molecular complexity index is 429. The van der Waals surface area contributed by atoms with Gasteiger partial charge in [0.25, 0.3) is 0 Å². The van der Waals surface area contributed by atoms with E-state index in [1.807, 2.05) is 0 Å². The summed E-state index contributed by atoms with van der Waals surface area (Å²) >= 11 is 0. The van der Waals surface area contributed by atoms with Crippen molar-refractivity contribution in [2.45, 2.75) is 18.9 Å². The second-order valence-corrected chi connectivity index (χ2v) is 5.44. The first kappa shape index (κ1) is 21.5. The molecule has 0 saturated heterocycles. The number of hydrogen-bond donors (Lipinski definition) is 2. The molecule has 0 aliphatic carbocycles. The van der Waals surface area contributed by atoms with Crippen molar-refractivity contribution in [2.24, 2.45) is 0 Å². The van der Waals surface area contributed by atoms with Gasteiger partial charge in [-0.05, 0) is 6.42 Å². The first-order chi connectivity index (χ1) is 12.2. The maximum atomic E-state index is 11.7. The van der Waals surface area contributed by atoms with Crippen LogP contribution in [-0.4, -0.2) is 92.5 Å². The lowest BCUT2D eigenvalue weighted by atomic mass is 10.1. The second kappa shape index (κ2) is 13.7. The number of carboxylic acid groups (broad SMARTS) is 1. The van der Waals surface area contributed by atoms with E-state index in [0.717, 1.165) is 12.1 Å². The molecule has 0 spiro atoms. The lowest BCUT2D eigenvalue weighted by Gasteiger charge is -2.28. The SMILES string of the molecule is COCCCOCN(CCOCCOC)[C@@H](Cc1cnc[nH]1)C(=O)O. The summed E-state index contributed by atoms with van der Waals surface area (Å²) in [6, 6.07) is -0.728. The molecule has 2 N–H and O–H groups in total. The molecule has 0 aliphatic heterocycles. The summed E-state index contributed by atoms with van der Waals surface area (Å²) in [6.07, 6.45) is 4.23. The number of aromatic amines is 1. The van der Waals surface area contributed by atoms with E-state index in [1.165, 1.54) is 6.33 Å². The van der Waals surface area contributed by atoms with Gasteiger partial charge in [-0.25, -0.2) is 4.98 Å². The van der Waals surface area contributed by atoms with Crippen molar-refractivity contribution in [3.05, 3.63) is 18.2 Å². The molecule has 9 heteroatoms. The Morgan fingerprint density at radius 3 is 2.64 bits per heavy atom. The minimum Gasteiger partial charge on any atom is -0.480 e. The van der Waals surface area contributed by atoms with Crippen LogP contribution in [0.4, 0.5) is 0 Å². The van der Waals surface area contributed by atoms with Gasteiger partial charge in [-0.3, -0.25) is 9.69 Å². The zero-order valence-corrected chi connectivity index (χ0v) is 15.0. The topological polar surface area (TPSA) is 106 Å². The molecule has 0 amide bonds. The Kier molecular flexibility index (Phi) is 11.8. The van der Waals surface area contributed by atoms with Gasteiger partial charge >= 0.3 is 5.97 Å². The molecule has 0 saturated carbocycles. The smallest absolute Gasteiger partial charge is 0.321 e. The Morgan fingerprint density at radius 2 is 2.00 bits per heavy atom. The van der Waals surface area contributed by atoms with Crippen LogP contribution in [0.15, 0.2) is 12.5 Å². The molecule has 1 aromatic heterocycles. The third-order valence-corrected chi connectivity index (χ3v) is 3.54. The number of hydrogen-bond acceptors (Lipinski definition) is 7. The molecule has 1 heterocycles. The lowest BCUT2D eigenvalue weighted by Crippen LogP contribution is -2.45. The number of nitrogens with one attached hydrogen (secondary N) is 1. The van der Waals surface area contributed by atoms with Gasteiger partial charge in [0.1, 0.15) is 6.04 Å². The summed E-state index contributed by atoms with van der Waals surface area (Å²) in [4.78, 5) is 20.4. The molecule has 0 aromatic carbocycles. The van der Waals surface area contributed by atoms with Gasteiger partial charge in [0, 0.05) is 45.7 Å². The number of aromatic nitrogens is 2. The van der Waals surface area contributed by atoms with E-state index >= 15 is 0 Å². The predicted molar refractivity (Wildman–Crippen MR) is 90.4 cm³/mol. The van der Waals surface area contributed by atoms with Crippen molar-refractivity contribution >= 4 is 5.97 Å². The molecular weight excluding hydrogens is 330 g/mol. The zero-order valence-electron chi connectivity index (χ0n) is 15.0. The fourth-order valence-corrected chi connectivity index (χ4v) is 2.20. The molecule has 9 nitrogen and oxygen atoms in total. The Labute approximate surface area is 148 Å². The molecule has 0 bridgehead atoms. The fourth-order valence-electron chi connectivity index (χ4n) is 2.20. The fraction of sp³-hybridized carbons (Fsp3) is 0.750. The molecular formula is C16H29N3O6. The molecule has 144 valence electrons. The highest BCUT2D eigenvalue weighted by Crippen LogP contribution is 2.08. The molecule has 0 aliphatic rings. The maximum Gasteiger partial charge on any atom is 0.321 e. The molecule has 1 aromatic rings. The highest BCUT2D eigenvalue weighted by atomic mass is 16.5. The van der Waals surface area contributed by atoms with Crippen molar-refractivity contribution in [3.63, 3.8) is 0 Å². The van der Waals surface area contributed by atoms with E-state index in [4.69, 9.17) is 18.9 Å². The zero-order chi connectivity index (χ0) is 18.3. The van der Waals surface area contributed by atoms with Crippen LogP contribution in [0.3, 0.4) is 0 Å². The van der Waals surface area contributed by atoms with E-state index in [0.29, 0.717) is 46.0 Å². The minimum absolute atomic E-state index is 0.211. The number of carboxylic acids is 1. The van der Waals surface area contributed by atoms with E-state index in [2.05, 4.69) is 9.97 Å². The molecule has 0 fully saturated rings. The van der Waals surface area contributed by atoms with Gasteiger partial charge in [-0.1, -0.05) is 0 Å². The van der Waals surface area contributed by atoms with Crippen LogP contribution in [0.5, 0.6) is 0 Å². The average Bonchev–Trinajstić information content (AvgIpc) is 3.11. The van der Waals surface area contributed by atoms with Crippen LogP contribution >= 0.6 is 0 Å². The van der Waals surface area contributed by atoms with Crippen molar-refractivity contribution in [2.75, 3.05) is 60.5 Å². The van der Waals surface area contributed by atoms with E-state index < -0.39 is 12.0 Å². The summed E-state index contributed by atoms with van der Waals surface area (Å²) in [5, 5.41) is 9.61. The number of imidazole rings is 1. The van der Waals surface area contributed by atoms with Crippen LogP contribution in [0.1, 0.15) is 12.1 Å². The number of rotatable bonds is 16. The van der Waals surface area contributed by atoms with Crippen molar-refractivity contribution in [1.29, 1.82) is 0 Å². The minimum atomic E-state index is -0.910. The molecule has 1 atom stereocenters. The first-order valence-electron chi connectivity index (χ1n) is 8.26. The van der Waals surface area contributed by atoms with Gasteiger partial charge in [0.15, 0.2) is 0 Å². The monoisotopic (exact) mass is 359 g/mol. The van der Waals surface area contributed by atoms with Gasteiger partial charge in [0.2, 0.25) is 0 Å². The quantitative estimate of drug-likeness (QED) is 0.322. The van der Waals surface area contributed by atoms with Crippen molar-refractivity contribution < 1.29 is 28.8 Å². The van der Waals surface area contributed by atoms with Crippen LogP contribution in [0, 0.1) is 0 Å². The van der Waals surface area contributed by atoms with Crippen LogP contribution in [-0.2, 0) is 30.2 Å². The van der Waals surface area contributed by atoms with Crippen molar-refractivity contribution in [3.8, 4) is 0 Å². The number of methoxy groups -OCH3 is 2. The second-order valence-electron chi connectivity index (χ2n) is 5.44. The van der Waals surface area contributed by atoms with Gasteiger partial charge in [0.05, 0.1) is 39.5 Å². The maximum absolute atomic E-state index is 11.7. The molecule has 0 radical (unpaired) electrons. The van der Waals surface area contributed by atoms with Gasteiger partial charge in [-0.2, -0.15) is 0 Å². The van der Waals surface area contributed by atoms with Crippen LogP contribution in [0.2, 0.25) is 0 Å². The first-order valence-corrected chi connectivity index (χ1v) is 8.26. The van der Waals surface area contributed by atoms with Crippen molar-refractivity contribution in [1.82, 2.24) is 14.9 Å². The summed E-state index contributed by atoms with van der Waals surface area (Å²) in [6.45, 7) is 3.14. The molecule has 1 rings (SSSR count). The molecule has 25 heavy (non-hydrogen) atoms. The van der Waals surface area contributed by atoms with E-state index in [1.54, 1.807) is 25.3 Å². The Balaban J connectivity index is 2.55. The summed E-state index contributed by atoms with van der Waals surface area (Å²) in [7, 11) is 3.24. The van der Waals surface area contributed by atoms with Gasteiger partial charge < -0.3 is 29.0 Å². The number of nitrogens with zero attached hydrogens (tertiary/aromatic N) is 2. The third kappa shape index (κ3) is 9.51. The number of carbonyl (C=O) groups is 1.